The summed E-state index contributed by atoms with van der Waals surface area (Å²) in [6.07, 6.45) is -6.36. The number of esters is 1. The fourth-order valence-electron chi connectivity index (χ4n) is 2.39. The molecule has 1 atom stereocenters. The topological polar surface area (TPSA) is 124 Å². The largest absolute Gasteiger partial charge is 0.452 e. The summed E-state index contributed by atoms with van der Waals surface area (Å²) in [4.78, 5) is 42.2. The van der Waals surface area contributed by atoms with Gasteiger partial charge in [0.2, 0.25) is 0 Å². The molecule has 0 unspecified atom stereocenters. The lowest BCUT2D eigenvalue weighted by Gasteiger charge is -2.16. The van der Waals surface area contributed by atoms with Crippen LogP contribution in [0.3, 0.4) is 0 Å². The Kier molecular flexibility index (Phi) is 7.55. The van der Waals surface area contributed by atoms with E-state index in [0.717, 1.165) is 23.9 Å². The number of nitro benzene ring substituents is 1. The van der Waals surface area contributed by atoms with E-state index in [4.69, 9.17) is 4.74 Å². The summed E-state index contributed by atoms with van der Waals surface area (Å²) in [5.41, 5.74) is -1.45. The molecule has 2 rings (SSSR count). The minimum atomic E-state index is -4.95. The van der Waals surface area contributed by atoms with Gasteiger partial charge in [0, 0.05) is 23.5 Å². The number of hydrogen-bond acceptors (Lipinski definition) is 8. The molecular weight excluding hydrogens is 441 g/mol. The maximum atomic E-state index is 13.2. The number of halogens is 3. The molecule has 1 N–H and O–H groups in total. The molecule has 1 heterocycles. The van der Waals surface area contributed by atoms with Crippen molar-refractivity contribution in [2.24, 2.45) is 0 Å². The van der Waals surface area contributed by atoms with Crippen LogP contribution in [-0.4, -0.2) is 38.6 Å². The fraction of sp³-hybridized carbons (Fsp3) is 0.333. The lowest BCUT2D eigenvalue weighted by Crippen LogP contribution is -2.31. The molecule has 31 heavy (non-hydrogen) atoms. The van der Waals surface area contributed by atoms with Crippen LogP contribution in [-0.2, 0) is 20.5 Å². The molecule has 166 valence electrons. The number of carbonyl (C=O) groups is 2. The van der Waals surface area contributed by atoms with Gasteiger partial charge in [0.05, 0.1) is 21.9 Å². The maximum Gasteiger partial charge on any atom is 0.418 e. The molecule has 13 heteroatoms. The summed E-state index contributed by atoms with van der Waals surface area (Å²) in [7, 11) is 0. The number of nitrogens with one attached hydrogen (secondary N) is 1. The third-order valence-electron chi connectivity index (χ3n) is 3.74. The van der Waals surface area contributed by atoms with Crippen LogP contribution < -0.4 is 5.32 Å². The van der Waals surface area contributed by atoms with Gasteiger partial charge in [-0.05, 0) is 32.9 Å². The first-order valence-corrected chi connectivity index (χ1v) is 9.66. The van der Waals surface area contributed by atoms with Gasteiger partial charge in [-0.2, -0.15) is 13.2 Å². The van der Waals surface area contributed by atoms with Gasteiger partial charge in [-0.3, -0.25) is 19.7 Å². The number of carbonyl (C=O) groups excluding carboxylic acids is 2. The molecule has 1 aromatic heterocycles. The van der Waals surface area contributed by atoms with Crippen LogP contribution in [0.25, 0.3) is 0 Å². The number of rotatable bonds is 7. The number of aromatic nitrogens is 2. The second-order valence-electron chi connectivity index (χ2n) is 6.33. The van der Waals surface area contributed by atoms with Gasteiger partial charge in [0.15, 0.2) is 11.3 Å². The normalized spacial score (nSPS) is 12.2. The smallest absolute Gasteiger partial charge is 0.418 e. The first kappa shape index (κ1) is 24.1. The van der Waals surface area contributed by atoms with Crippen LogP contribution in [0.15, 0.2) is 29.4 Å². The average Bonchev–Trinajstić information content (AvgIpc) is 2.64. The molecule has 0 aliphatic rings. The summed E-state index contributed by atoms with van der Waals surface area (Å²) < 4.78 is 44.5. The Labute approximate surface area is 178 Å². The van der Waals surface area contributed by atoms with Crippen molar-refractivity contribution in [1.82, 2.24) is 9.97 Å². The van der Waals surface area contributed by atoms with E-state index in [1.165, 1.54) is 6.92 Å². The van der Waals surface area contributed by atoms with E-state index in [0.29, 0.717) is 22.6 Å². The lowest BCUT2D eigenvalue weighted by molar-refractivity contribution is -0.385. The summed E-state index contributed by atoms with van der Waals surface area (Å²) in [6.45, 7) is 4.71. The SMILES string of the molecule is Cc1cc(C)nc(SCC(=O)O[C@H](C)C(=O)Nc2ccc([N+](=O)[O-])cc2C(F)(F)F)n1. The van der Waals surface area contributed by atoms with Gasteiger partial charge < -0.3 is 10.1 Å². The molecule has 0 saturated carbocycles. The molecule has 1 amide bonds. The number of aryl methyl sites for hydroxylation is 2. The Morgan fingerprint density at radius 2 is 1.84 bits per heavy atom. The monoisotopic (exact) mass is 458 g/mol. The molecule has 0 spiro atoms. The second kappa shape index (κ2) is 9.73. The zero-order valence-electron chi connectivity index (χ0n) is 16.5. The number of ether oxygens (including phenoxy) is 1. The second-order valence-corrected chi connectivity index (χ2v) is 7.27. The summed E-state index contributed by atoms with van der Waals surface area (Å²) >= 11 is 0.984. The number of thioether (sulfide) groups is 1. The first-order chi connectivity index (χ1) is 14.4. The highest BCUT2D eigenvalue weighted by Crippen LogP contribution is 2.37. The van der Waals surface area contributed by atoms with Crippen LogP contribution in [0, 0.1) is 24.0 Å². The molecule has 2 aromatic rings. The molecule has 9 nitrogen and oxygen atoms in total. The highest BCUT2D eigenvalue weighted by molar-refractivity contribution is 7.99. The van der Waals surface area contributed by atoms with Gasteiger partial charge in [0.1, 0.15) is 0 Å². The van der Waals surface area contributed by atoms with E-state index in [1.807, 2.05) is 5.32 Å². The zero-order valence-corrected chi connectivity index (χ0v) is 17.3. The Balaban J connectivity index is 2.02. The van der Waals surface area contributed by atoms with Crippen molar-refractivity contribution in [2.45, 2.75) is 38.2 Å². The standard InChI is InChI=1S/C18H17F3N4O5S/c1-9-6-10(2)23-17(22-9)31-8-15(26)30-11(3)16(27)24-14-5-4-12(25(28)29)7-13(14)18(19,20)21/h4-7,11H,8H2,1-3H3,(H,24,27)/t11-/m1/s1. The molecule has 0 aliphatic carbocycles. The van der Waals surface area contributed by atoms with Crippen LogP contribution in [0.4, 0.5) is 24.5 Å². The van der Waals surface area contributed by atoms with E-state index in [2.05, 4.69) is 9.97 Å². The van der Waals surface area contributed by atoms with E-state index in [1.54, 1.807) is 19.9 Å². The molecular formula is C18H17F3N4O5S. The third kappa shape index (κ3) is 6.91. The first-order valence-electron chi connectivity index (χ1n) is 8.68. The number of benzene rings is 1. The average molecular weight is 458 g/mol. The van der Waals surface area contributed by atoms with Gasteiger partial charge in [0.25, 0.3) is 11.6 Å². The number of nitro groups is 1. The Morgan fingerprint density at radius 1 is 1.23 bits per heavy atom. The summed E-state index contributed by atoms with van der Waals surface area (Å²) in [6, 6.07) is 3.65. The molecule has 0 radical (unpaired) electrons. The van der Waals surface area contributed by atoms with Crippen molar-refractivity contribution < 1.29 is 32.4 Å². The third-order valence-corrected chi connectivity index (χ3v) is 4.56. The van der Waals surface area contributed by atoms with Crippen molar-refractivity contribution in [3.63, 3.8) is 0 Å². The quantitative estimate of drug-likeness (QED) is 0.219. The fourth-order valence-corrected chi connectivity index (χ4v) is 3.12. The number of anilines is 1. The molecule has 0 fully saturated rings. The Hall–Kier alpha value is -3.22. The van der Waals surface area contributed by atoms with Crippen molar-refractivity contribution in [3.05, 3.63) is 51.3 Å². The molecule has 0 bridgehead atoms. The lowest BCUT2D eigenvalue weighted by atomic mass is 10.1. The van der Waals surface area contributed by atoms with Crippen LogP contribution in [0.2, 0.25) is 0 Å². The molecule has 0 aliphatic heterocycles. The van der Waals surface area contributed by atoms with Crippen molar-refractivity contribution in [3.8, 4) is 0 Å². The Bertz CT molecular complexity index is 996. The van der Waals surface area contributed by atoms with E-state index in [9.17, 15) is 32.9 Å². The van der Waals surface area contributed by atoms with E-state index < -0.39 is 46.0 Å². The predicted molar refractivity (Wildman–Crippen MR) is 105 cm³/mol. The number of non-ortho nitro benzene ring substituents is 1. The number of amides is 1. The number of hydrogen-bond donors (Lipinski definition) is 1. The minimum Gasteiger partial charge on any atom is -0.452 e. The minimum absolute atomic E-state index is 0.216. The van der Waals surface area contributed by atoms with Crippen LogP contribution in [0.5, 0.6) is 0 Å². The van der Waals surface area contributed by atoms with E-state index in [-0.39, 0.29) is 5.75 Å². The summed E-state index contributed by atoms with van der Waals surface area (Å²) in [5.74, 6) is -2.04. The highest BCUT2D eigenvalue weighted by atomic mass is 32.2. The molecule has 0 saturated heterocycles. The predicted octanol–water partition coefficient (Wildman–Crippen LogP) is 3.68. The molecule has 1 aromatic carbocycles. The van der Waals surface area contributed by atoms with E-state index >= 15 is 0 Å². The maximum absolute atomic E-state index is 13.2. The van der Waals surface area contributed by atoms with Gasteiger partial charge in [-0.15, -0.1) is 0 Å². The van der Waals surface area contributed by atoms with Gasteiger partial charge in [-0.1, -0.05) is 11.8 Å². The van der Waals surface area contributed by atoms with Gasteiger partial charge >= 0.3 is 12.1 Å². The van der Waals surface area contributed by atoms with Crippen molar-refractivity contribution in [2.75, 3.05) is 11.1 Å². The number of alkyl halides is 3. The number of nitrogens with zero attached hydrogens (tertiary/aromatic N) is 3. The Morgan fingerprint density at radius 3 is 2.39 bits per heavy atom. The summed E-state index contributed by atoms with van der Waals surface area (Å²) in [5, 5.41) is 13.1. The van der Waals surface area contributed by atoms with Gasteiger partial charge in [-0.25, -0.2) is 9.97 Å². The highest BCUT2D eigenvalue weighted by Gasteiger charge is 2.36. The van der Waals surface area contributed by atoms with Crippen LogP contribution in [0.1, 0.15) is 23.9 Å². The van der Waals surface area contributed by atoms with Crippen LogP contribution >= 0.6 is 11.8 Å². The van der Waals surface area contributed by atoms with Crippen molar-refractivity contribution >= 4 is 35.0 Å². The zero-order chi connectivity index (χ0) is 23.3. The van der Waals surface area contributed by atoms with Crippen molar-refractivity contribution in [1.29, 1.82) is 0 Å².